The first-order chi connectivity index (χ1) is 12.3. The Morgan fingerprint density at radius 2 is 2.12 bits per heavy atom. The predicted molar refractivity (Wildman–Crippen MR) is 99.3 cm³/mol. The van der Waals surface area contributed by atoms with Crippen molar-refractivity contribution >= 4 is 29.0 Å². The van der Waals surface area contributed by atoms with Crippen molar-refractivity contribution in [3.63, 3.8) is 0 Å². The van der Waals surface area contributed by atoms with Crippen molar-refractivity contribution < 1.29 is 4.74 Å². The van der Waals surface area contributed by atoms with E-state index in [9.17, 15) is 0 Å². The minimum atomic E-state index is 0.687. The fourth-order valence-electron chi connectivity index (χ4n) is 2.84. The highest BCUT2D eigenvalue weighted by molar-refractivity contribution is 5.89. The molecular weight excluding hydrogens is 316 g/mol. The first kappa shape index (κ1) is 15.6. The first-order valence-electron chi connectivity index (χ1n) is 8.33. The normalized spacial score (nSPS) is 15.2. The molecule has 1 aromatic carbocycles. The van der Waals surface area contributed by atoms with E-state index in [-0.39, 0.29) is 0 Å². The highest BCUT2D eigenvalue weighted by Crippen LogP contribution is 2.23. The molecule has 128 valence electrons. The van der Waals surface area contributed by atoms with E-state index in [0.717, 1.165) is 29.7 Å². The maximum Gasteiger partial charge on any atom is 0.229 e. The van der Waals surface area contributed by atoms with Crippen LogP contribution in [0.1, 0.15) is 11.1 Å². The average Bonchev–Trinajstić information content (AvgIpc) is 3.11. The molecule has 0 bridgehead atoms. The lowest BCUT2D eigenvalue weighted by Gasteiger charge is -2.26. The van der Waals surface area contributed by atoms with Gasteiger partial charge in [-0.15, -0.1) is 0 Å². The van der Waals surface area contributed by atoms with Crippen LogP contribution in [-0.4, -0.2) is 47.5 Å². The van der Waals surface area contributed by atoms with E-state index in [1.807, 2.05) is 24.4 Å². The molecule has 3 aromatic rings. The van der Waals surface area contributed by atoms with Crippen LogP contribution in [0.25, 0.3) is 11.0 Å². The molecule has 4 rings (SSSR count). The molecule has 0 aliphatic carbocycles. The van der Waals surface area contributed by atoms with Crippen LogP contribution in [0, 0.1) is 6.92 Å². The molecule has 7 heteroatoms. The van der Waals surface area contributed by atoms with Gasteiger partial charge in [-0.3, -0.25) is 5.43 Å². The maximum absolute atomic E-state index is 5.40. The summed E-state index contributed by atoms with van der Waals surface area (Å²) in [6, 6.07) is 10.1. The van der Waals surface area contributed by atoms with E-state index in [4.69, 9.17) is 4.74 Å². The fourth-order valence-corrected chi connectivity index (χ4v) is 2.84. The molecule has 0 spiro atoms. The molecule has 1 fully saturated rings. The zero-order valence-electron chi connectivity index (χ0n) is 14.1. The summed E-state index contributed by atoms with van der Waals surface area (Å²) >= 11 is 0. The van der Waals surface area contributed by atoms with E-state index in [1.54, 1.807) is 6.21 Å². The predicted octanol–water partition coefficient (Wildman–Crippen LogP) is 2.55. The van der Waals surface area contributed by atoms with Gasteiger partial charge in [0.15, 0.2) is 5.82 Å². The lowest BCUT2D eigenvalue weighted by Crippen LogP contribution is -2.37. The summed E-state index contributed by atoms with van der Waals surface area (Å²) in [4.78, 5) is 14.5. The maximum atomic E-state index is 5.40. The molecule has 0 saturated carbocycles. The van der Waals surface area contributed by atoms with Crippen LogP contribution in [-0.2, 0) is 4.74 Å². The summed E-state index contributed by atoms with van der Waals surface area (Å²) in [7, 11) is 0. The zero-order valence-corrected chi connectivity index (χ0v) is 14.1. The van der Waals surface area contributed by atoms with Gasteiger partial charge in [-0.25, -0.2) is 0 Å². The lowest BCUT2D eigenvalue weighted by molar-refractivity contribution is 0.122. The van der Waals surface area contributed by atoms with Crippen molar-refractivity contribution in [1.29, 1.82) is 0 Å². The second-order valence-electron chi connectivity index (χ2n) is 6.00. The first-order valence-corrected chi connectivity index (χ1v) is 8.33. The summed E-state index contributed by atoms with van der Waals surface area (Å²) in [6.45, 7) is 5.03. The minimum absolute atomic E-state index is 0.687. The number of benzene rings is 1. The second-order valence-corrected chi connectivity index (χ2v) is 6.00. The van der Waals surface area contributed by atoms with E-state index in [2.05, 4.69) is 49.4 Å². The molecular formula is C18H20N6O. The number of hydrogen-bond acceptors (Lipinski definition) is 6. The van der Waals surface area contributed by atoms with Gasteiger partial charge in [0.1, 0.15) is 5.65 Å². The van der Waals surface area contributed by atoms with E-state index in [1.165, 1.54) is 5.56 Å². The Balaban J connectivity index is 1.60. The average molecular weight is 336 g/mol. The van der Waals surface area contributed by atoms with Crippen LogP contribution in [0.15, 0.2) is 41.6 Å². The van der Waals surface area contributed by atoms with Crippen LogP contribution < -0.4 is 10.3 Å². The molecule has 0 atom stereocenters. The summed E-state index contributed by atoms with van der Waals surface area (Å²) < 4.78 is 5.40. The third-order valence-electron chi connectivity index (χ3n) is 4.12. The van der Waals surface area contributed by atoms with Crippen LogP contribution in [0.5, 0.6) is 0 Å². The fraction of sp³-hybridized carbons (Fsp3) is 0.278. The molecule has 3 heterocycles. The van der Waals surface area contributed by atoms with Gasteiger partial charge in [0.25, 0.3) is 0 Å². The van der Waals surface area contributed by atoms with Crippen LogP contribution in [0.2, 0.25) is 0 Å². The standard InChI is InChI=1S/C18H20N6O/c1-13-3-2-4-14(11-13)12-20-23-17-15-5-6-19-16(15)21-18(22-17)24-7-9-25-10-8-24/h2-6,11-12H,7-10H2,1H3,(H2,19,21,22,23)/b20-12+. The molecule has 0 unspecified atom stereocenters. The topological polar surface area (TPSA) is 78.4 Å². The van der Waals surface area contributed by atoms with Gasteiger partial charge in [-0.1, -0.05) is 29.8 Å². The van der Waals surface area contributed by atoms with Crippen LogP contribution >= 0.6 is 0 Å². The van der Waals surface area contributed by atoms with Crippen LogP contribution in [0.4, 0.5) is 11.8 Å². The van der Waals surface area contributed by atoms with Crippen LogP contribution in [0.3, 0.4) is 0 Å². The van der Waals surface area contributed by atoms with Crippen molar-refractivity contribution in [2.75, 3.05) is 36.6 Å². The number of nitrogens with one attached hydrogen (secondary N) is 2. The molecule has 1 saturated heterocycles. The molecule has 25 heavy (non-hydrogen) atoms. The number of ether oxygens (including phenoxy) is 1. The largest absolute Gasteiger partial charge is 0.378 e. The Hall–Kier alpha value is -2.93. The highest BCUT2D eigenvalue weighted by Gasteiger charge is 2.16. The van der Waals surface area contributed by atoms with Crippen molar-refractivity contribution in [2.24, 2.45) is 5.10 Å². The molecule has 2 aromatic heterocycles. The van der Waals surface area contributed by atoms with Gasteiger partial charge < -0.3 is 14.6 Å². The monoisotopic (exact) mass is 336 g/mol. The number of hydrogen-bond donors (Lipinski definition) is 2. The number of fused-ring (bicyclic) bond motifs is 1. The number of nitrogens with zero attached hydrogens (tertiary/aromatic N) is 4. The van der Waals surface area contributed by atoms with Gasteiger partial charge in [0, 0.05) is 19.3 Å². The Morgan fingerprint density at radius 3 is 2.96 bits per heavy atom. The van der Waals surface area contributed by atoms with Gasteiger partial charge in [-0.2, -0.15) is 15.1 Å². The van der Waals surface area contributed by atoms with Gasteiger partial charge in [0.2, 0.25) is 5.95 Å². The number of morpholine rings is 1. The SMILES string of the molecule is Cc1cccc(/C=N/Nc2nc(N3CCOCC3)nc3[nH]ccc23)c1. The van der Waals surface area contributed by atoms with Gasteiger partial charge >= 0.3 is 0 Å². The zero-order chi connectivity index (χ0) is 17.1. The highest BCUT2D eigenvalue weighted by atomic mass is 16.5. The molecule has 7 nitrogen and oxygen atoms in total. The number of anilines is 2. The second kappa shape index (κ2) is 6.90. The Morgan fingerprint density at radius 1 is 1.24 bits per heavy atom. The van der Waals surface area contributed by atoms with Crippen molar-refractivity contribution in [1.82, 2.24) is 15.0 Å². The number of aryl methyl sites for hydroxylation is 1. The molecule has 0 amide bonds. The molecule has 2 N–H and O–H groups in total. The van der Waals surface area contributed by atoms with Gasteiger partial charge in [-0.05, 0) is 18.6 Å². The summed E-state index contributed by atoms with van der Waals surface area (Å²) in [5.74, 6) is 1.38. The smallest absolute Gasteiger partial charge is 0.229 e. The van der Waals surface area contributed by atoms with Crippen molar-refractivity contribution in [3.05, 3.63) is 47.7 Å². The number of aromatic amines is 1. The molecule has 1 aliphatic heterocycles. The number of aromatic nitrogens is 3. The number of hydrazone groups is 1. The minimum Gasteiger partial charge on any atom is -0.378 e. The van der Waals surface area contributed by atoms with E-state index >= 15 is 0 Å². The van der Waals surface area contributed by atoms with E-state index < -0.39 is 0 Å². The third-order valence-corrected chi connectivity index (χ3v) is 4.12. The third kappa shape index (κ3) is 3.46. The lowest BCUT2D eigenvalue weighted by atomic mass is 10.2. The number of rotatable bonds is 4. The molecule has 1 aliphatic rings. The van der Waals surface area contributed by atoms with E-state index in [0.29, 0.717) is 25.0 Å². The Labute approximate surface area is 145 Å². The Bertz CT molecular complexity index is 897. The molecule has 0 radical (unpaired) electrons. The summed E-state index contributed by atoms with van der Waals surface area (Å²) in [6.07, 6.45) is 3.65. The van der Waals surface area contributed by atoms with Crippen molar-refractivity contribution in [2.45, 2.75) is 6.92 Å². The summed E-state index contributed by atoms with van der Waals surface area (Å²) in [5.41, 5.74) is 6.10. The number of H-pyrrole nitrogens is 1. The summed E-state index contributed by atoms with van der Waals surface area (Å²) in [5, 5.41) is 5.26. The quantitative estimate of drug-likeness (QED) is 0.565. The van der Waals surface area contributed by atoms with Gasteiger partial charge in [0.05, 0.1) is 24.8 Å². The van der Waals surface area contributed by atoms with Crippen molar-refractivity contribution in [3.8, 4) is 0 Å². The Kier molecular flexibility index (Phi) is 4.30.